The fourth-order valence-corrected chi connectivity index (χ4v) is 3.04. The number of piperidine rings is 1. The normalized spacial score (nSPS) is 30.0. The first kappa shape index (κ1) is 14.2. The number of nitrogens with zero attached hydrogens (tertiary/aromatic N) is 1. The number of carbonyl (C=O) groups is 1. The molecule has 0 aromatic heterocycles. The number of hydrogen-bond donors (Lipinski definition) is 0. The van der Waals surface area contributed by atoms with Crippen molar-refractivity contribution in [1.29, 1.82) is 0 Å². The van der Waals surface area contributed by atoms with Gasteiger partial charge in [-0.1, -0.05) is 5.92 Å². The maximum absolute atomic E-state index is 12.2. The van der Waals surface area contributed by atoms with Crippen LogP contribution in [0.5, 0.6) is 0 Å². The zero-order valence-corrected chi connectivity index (χ0v) is 12.0. The summed E-state index contributed by atoms with van der Waals surface area (Å²) in [5.74, 6) is 2.50. The lowest BCUT2D eigenvalue weighted by molar-refractivity contribution is -0.0271. The molecule has 2 bridgehead atoms. The molecule has 2 aliphatic rings. The molecule has 2 fully saturated rings. The fraction of sp³-hybridized carbons (Fsp3) is 0.800. The van der Waals surface area contributed by atoms with Gasteiger partial charge < -0.3 is 14.4 Å². The van der Waals surface area contributed by atoms with Crippen LogP contribution in [0, 0.1) is 12.3 Å². The Kier molecular flexibility index (Phi) is 4.05. The summed E-state index contributed by atoms with van der Waals surface area (Å²) in [7, 11) is 0. The van der Waals surface area contributed by atoms with E-state index in [1.54, 1.807) is 0 Å². The van der Waals surface area contributed by atoms with Gasteiger partial charge in [0.2, 0.25) is 0 Å². The molecule has 2 rings (SSSR count). The SMILES string of the molecule is C#CCOC1C[C@H]2CC[C@@H](C1)N2C(=O)OC(C)(C)C. The Morgan fingerprint density at radius 1 is 1.32 bits per heavy atom. The Morgan fingerprint density at radius 3 is 2.37 bits per heavy atom. The number of fused-ring (bicyclic) bond motifs is 2. The molecule has 0 radical (unpaired) electrons. The van der Waals surface area contributed by atoms with Crippen LogP contribution >= 0.6 is 0 Å². The van der Waals surface area contributed by atoms with Crippen LogP contribution < -0.4 is 0 Å². The molecule has 1 amide bonds. The molecule has 2 heterocycles. The van der Waals surface area contributed by atoms with Crippen molar-refractivity contribution in [2.45, 2.75) is 70.2 Å². The summed E-state index contributed by atoms with van der Waals surface area (Å²) in [5.41, 5.74) is -0.437. The maximum Gasteiger partial charge on any atom is 0.410 e. The van der Waals surface area contributed by atoms with E-state index in [2.05, 4.69) is 5.92 Å². The molecule has 0 aromatic rings. The second-order valence-corrected chi connectivity index (χ2v) is 6.38. The Labute approximate surface area is 115 Å². The summed E-state index contributed by atoms with van der Waals surface area (Å²) in [6.07, 6.45) is 9.05. The van der Waals surface area contributed by atoms with Crippen molar-refractivity contribution in [3.8, 4) is 12.3 Å². The Bertz CT molecular complexity index is 366. The van der Waals surface area contributed by atoms with Crippen LogP contribution in [0.1, 0.15) is 46.5 Å². The Hall–Kier alpha value is -1.21. The first-order valence-electron chi connectivity index (χ1n) is 6.97. The predicted molar refractivity (Wildman–Crippen MR) is 72.7 cm³/mol. The van der Waals surface area contributed by atoms with Crippen LogP contribution in [0.25, 0.3) is 0 Å². The monoisotopic (exact) mass is 265 g/mol. The molecule has 3 atom stereocenters. The largest absolute Gasteiger partial charge is 0.444 e. The minimum atomic E-state index is -0.437. The van der Waals surface area contributed by atoms with Gasteiger partial charge in [0.1, 0.15) is 12.2 Å². The molecule has 1 unspecified atom stereocenters. The van der Waals surface area contributed by atoms with Crippen LogP contribution in [-0.2, 0) is 9.47 Å². The van der Waals surface area contributed by atoms with Gasteiger partial charge in [0.05, 0.1) is 6.10 Å². The van der Waals surface area contributed by atoms with E-state index >= 15 is 0 Å². The van der Waals surface area contributed by atoms with Crippen LogP contribution in [0.4, 0.5) is 4.79 Å². The highest BCUT2D eigenvalue weighted by Crippen LogP contribution is 2.37. The van der Waals surface area contributed by atoms with Gasteiger partial charge in [0, 0.05) is 12.1 Å². The summed E-state index contributed by atoms with van der Waals surface area (Å²) >= 11 is 0. The zero-order chi connectivity index (χ0) is 14.0. The summed E-state index contributed by atoms with van der Waals surface area (Å²) in [5, 5.41) is 0. The van der Waals surface area contributed by atoms with Gasteiger partial charge in [-0.2, -0.15) is 0 Å². The van der Waals surface area contributed by atoms with Crippen molar-refractivity contribution in [3.05, 3.63) is 0 Å². The molecule has 0 N–H and O–H groups in total. The summed E-state index contributed by atoms with van der Waals surface area (Å²) in [6.45, 7) is 6.05. The average molecular weight is 265 g/mol. The van der Waals surface area contributed by atoms with E-state index in [0.717, 1.165) is 25.7 Å². The number of hydrogen-bond acceptors (Lipinski definition) is 3. The van der Waals surface area contributed by atoms with Crippen LogP contribution in [0.3, 0.4) is 0 Å². The summed E-state index contributed by atoms with van der Waals surface area (Å²) < 4.78 is 11.1. The molecule has 4 heteroatoms. The van der Waals surface area contributed by atoms with Crippen molar-refractivity contribution >= 4 is 6.09 Å². The molecule has 0 aromatic carbocycles. The lowest BCUT2D eigenvalue weighted by atomic mass is 10.0. The van der Waals surface area contributed by atoms with Gasteiger partial charge >= 0.3 is 6.09 Å². The molecule has 4 nitrogen and oxygen atoms in total. The molecular formula is C15H23NO3. The van der Waals surface area contributed by atoms with E-state index in [9.17, 15) is 4.79 Å². The number of terminal acetylenes is 1. The fourth-order valence-electron chi connectivity index (χ4n) is 3.04. The van der Waals surface area contributed by atoms with Gasteiger partial charge in [-0.3, -0.25) is 0 Å². The van der Waals surface area contributed by atoms with Crippen molar-refractivity contribution in [1.82, 2.24) is 4.90 Å². The predicted octanol–water partition coefficient (Wildman–Crippen LogP) is 2.57. The number of carbonyl (C=O) groups excluding carboxylic acids is 1. The number of ether oxygens (including phenoxy) is 2. The third-order valence-corrected chi connectivity index (χ3v) is 3.70. The summed E-state index contributed by atoms with van der Waals surface area (Å²) in [4.78, 5) is 14.1. The lowest BCUT2D eigenvalue weighted by Crippen LogP contribution is -2.50. The van der Waals surface area contributed by atoms with Crippen molar-refractivity contribution in [2.75, 3.05) is 6.61 Å². The molecular weight excluding hydrogens is 242 g/mol. The third kappa shape index (κ3) is 3.42. The quantitative estimate of drug-likeness (QED) is 0.720. The van der Waals surface area contributed by atoms with Gasteiger partial charge in [-0.15, -0.1) is 6.42 Å². The third-order valence-electron chi connectivity index (χ3n) is 3.70. The summed E-state index contributed by atoms with van der Waals surface area (Å²) in [6, 6.07) is 0.493. The van der Waals surface area contributed by atoms with E-state index in [4.69, 9.17) is 15.9 Å². The van der Waals surface area contributed by atoms with E-state index in [1.807, 2.05) is 25.7 Å². The molecule has 2 saturated heterocycles. The topological polar surface area (TPSA) is 38.8 Å². The molecule has 0 aliphatic carbocycles. The zero-order valence-electron chi connectivity index (χ0n) is 12.0. The van der Waals surface area contributed by atoms with Crippen LogP contribution in [-0.4, -0.2) is 41.4 Å². The molecule has 0 saturated carbocycles. The minimum Gasteiger partial charge on any atom is -0.444 e. The Balaban J connectivity index is 1.96. The van der Waals surface area contributed by atoms with Crippen molar-refractivity contribution in [2.24, 2.45) is 0 Å². The average Bonchev–Trinajstić information content (AvgIpc) is 2.56. The van der Waals surface area contributed by atoms with Gasteiger partial charge in [-0.25, -0.2) is 4.79 Å². The number of rotatable bonds is 2. The van der Waals surface area contributed by atoms with E-state index in [0.29, 0.717) is 6.61 Å². The van der Waals surface area contributed by atoms with Crippen molar-refractivity contribution in [3.63, 3.8) is 0 Å². The van der Waals surface area contributed by atoms with Crippen molar-refractivity contribution < 1.29 is 14.3 Å². The lowest BCUT2D eigenvalue weighted by Gasteiger charge is -2.39. The second kappa shape index (κ2) is 5.42. The molecule has 19 heavy (non-hydrogen) atoms. The maximum atomic E-state index is 12.2. The molecule has 0 spiro atoms. The first-order chi connectivity index (χ1) is 8.90. The highest BCUT2D eigenvalue weighted by Gasteiger charge is 2.45. The van der Waals surface area contributed by atoms with Gasteiger partial charge in [-0.05, 0) is 46.5 Å². The standard InChI is InChI=1S/C15H23NO3/c1-5-8-18-13-9-11-6-7-12(10-13)16(11)14(17)19-15(2,3)4/h1,11-13H,6-10H2,2-4H3/t11-,12+,13?. The van der Waals surface area contributed by atoms with E-state index in [-0.39, 0.29) is 24.3 Å². The highest BCUT2D eigenvalue weighted by molar-refractivity contribution is 5.69. The molecule has 2 aliphatic heterocycles. The molecule has 106 valence electrons. The van der Waals surface area contributed by atoms with E-state index in [1.165, 1.54) is 0 Å². The second-order valence-electron chi connectivity index (χ2n) is 6.38. The highest BCUT2D eigenvalue weighted by atomic mass is 16.6. The van der Waals surface area contributed by atoms with Crippen LogP contribution in [0.2, 0.25) is 0 Å². The Morgan fingerprint density at radius 2 is 1.89 bits per heavy atom. The van der Waals surface area contributed by atoms with E-state index < -0.39 is 5.60 Å². The first-order valence-corrected chi connectivity index (χ1v) is 6.97. The van der Waals surface area contributed by atoms with Crippen LogP contribution in [0.15, 0.2) is 0 Å². The minimum absolute atomic E-state index is 0.185. The van der Waals surface area contributed by atoms with Gasteiger partial charge in [0.25, 0.3) is 0 Å². The smallest absolute Gasteiger partial charge is 0.410 e. The van der Waals surface area contributed by atoms with Gasteiger partial charge in [0.15, 0.2) is 0 Å². The number of amides is 1.